The molecule has 0 heterocycles. The summed E-state index contributed by atoms with van der Waals surface area (Å²) in [6, 6.07) is 21.6. The Morgan fingerprint density at radius 1 is 1.00 bits per heavy atom. The molecule has 0 radical (unpaired) electrons. The van der Waals surface area contributed by atoms with Gasteiger partial charge in [0.05, 0.1) is 12.7 Å². The predicted octanol–water partition coefficient (Wildman–Crippen LogP) is 5.64. The number of aryl methyl sites for hydroxylation is 1. The van der Waals surface area contributed by atoms with Gasteiger partial charge in [0.2, 0.25) is 5.91 Å². The van der Waals surface area contributed by atoms with E-state index in [2.05, 4.69) is 5.32 Å². The number of ether oxygens (including phenoxy) is 1. The number of rotatable bonds is 9. The van der Waals surface area contributed by atoms with Gasteiger partial charge in [0, 0.05) is 25.3 Å². The molecule has 4 nitrogen and oxygen atoms in total. The molecule has 1 unspecified atom stereocenters. The lowest BCUT2D eigenvalue weighted by Gasteiger charge is -2.33. The quantitative estimate of drug-likeness (QED) is 0.453. The van der Waals surface area contributed by atoms with Crippen LogP contribution in [-0.4, -0.2) is 26.6 Å². The highest BCUT2D eigenvalue weighted by molar-refractivity contribution is 5.86. The highest BCUT2D eigenvalue weighted by Gasteiger charge is 2.30. The number of alkyl halides is 3. The van der Waals surface area contributed by atoms with Crippen LogP contribution in [0.5, 0.6) is 5.75 Å². The second-order valence-electron chi connectivity index (χ2n) is 7.62. The molecule has 0 bridgehead atoms. The number of carbonyl (C=O) groups excluding carboxylic acids is 1. The summed E-state index contributed by atoms with van der Waals surface area (Å²) in [7, 11) is 3.19. The first kappa shape index (κ1) is 24.2. The average Bonchev–Trinajstić information content (AvgIpc) is 2.83. The van der Waals surface area contributed by atoms with Gasteiger partial charge in [0.15, 0.2) is 0 Å². The second-order valence-corrected chi connectivity index (χ2v) is 7.62. The third kappa shape index (κ3) is 6.28. The molecular weight excluding hydrogens is 429 g/mol. The van der Waals surface area contributed by atoms with Gasteiger partial charge in [-0.2, -0.15) is 13.2 Å². The lowest BCUT2D eigenvalue weighted by Crippen LogP contribution is -2.40. The standard InChI is InChI=1S/C26H27F3N2O2/c1-30-25(32)24(20-9-4-3-5-10-20)31(22-11-6-12-23(18-22)33-2)17-7-8-19-13-15-21(16-14-19)26(27,28)29/h3-6,9-16,18,24H,7-8,17H2,1-2H3,(H,30,32). The summed E-state index contributed by atoms with van der Waals surface area (Å²) in [6.07, 6.45) is -3.13. The fourth-order valence-corrected chi connectivity index (χ4v) is 3.76. The zero-order valence-electron chi connectivity index (χ0n) is 18.6. The molecule has 0 saturated carbocycles. The molecule has 7 heteroatoms. The van der Waals surface area contributed by atoms with Crippen molar-refractivity contribution in [3.05, 3.63) is 95.6 Å². The van der Waals surface area contributed by atoms with E-state index in [1.165, 1.54) is 12.1 Å². The summed E-state index contributed by atoms with van der Waals surface area (Å²) >= 11 is 0. The molecule has 1 atom stereocenters. The predicted molar refractivity (Wildman–Crippen MR) is 123 cm³/mol. The molecule has 1 amide bonds. The maximum atomic E-state index is 13.0. The van der Waals surface area contributed by atoms with E-state index in [1.54, 1.807) is 14.2 Å². The first-order chi connectivity index (χ1) is 15.8. The number of methoxy groups -OCH3 is 1. The number of likely N-dealkylation sites (N-methyl/N-ethyl adjacent to an activating group) is 1. The smallest absolute Gasteiger partial charge is 0.416 e. The van der Waals surface area contributed by atoms with E-state index < -0.39 is 17.8 Å². The zero-order valence-corrected chi connectivity index (χ0v) is 18.6. The molecule has 3 aromatic rings. The monoisotopic (exact) mass is 456 g/mol. The highest BCUT2D eigenvalue weighted by Crippen LogP contribution is 2.31. The summed E-state index contributed by atoms with van der Waals surface area (Å²) in [5.74, 6) is 0.516. The van der Waals surface area contributed by atoms with Crippen molar-refractivity contribution >= 4 is 11.6 Å². The van der Waals surface area contributed by atoms with Crippen LogP contribution in [0.4, 0.5) is 18.9 Å². The Hall–Kier alpha value is -3.48. The van der Waals surface area contributed by atoms with Crippen LogP contribution in [0.15, 0.2) is 78.9 Å². The van der Waals surface area contributed by atoms with E-state index in [1.807, 2.05) is 59.5 Å². The van der Waals surface area contributed by atoms with Crippen molar-refractivity contribution in [3.63, 3.8) is 0 Å². The minimum Gasteiger partial charge on any atom is -0.497 e. The summed E-state index contributed by atoms with van der Waals surface area (Å²) in [6.45, 7) is 0.515. The Balaban J connectivity index is 1.86. The Morgan fingerprint density at radius 2 is 1.70 bits per heavy atom. The fourth-order valence-electron chi connectivity index (χ4n) is 3.76. The Bertz CT molecular complexity index is 1040. The van der Waals surface area contributed by atoms with Gasteiger partial charge >= 0.3 is 6.18 Å². The van der Waals surface area contributed by atoms with Gasteiger partial charge in [0.1, 0.15) is 11.8 Å². The van der Waals surface area contributed by atoms with Crippen molar-refractivity contribution in [2.45, 2.75) is 25.1 Å². The molecule has 0 aliphatic heterocycles. The van der Waals surface area contributed by atoms with Crippen molar-refractivity contribution in [2.75, 3.05) is 25.6 Å². The molecule has 0 saturated heterocycles. The highest BCUT2D eigenvalue weighted by atomic mass is 19.4. The van der Waals surface area contributed by atoms with E-state index in [4.69, 9.17) is 4.74 Å². The molecule has 33 heavy (non-hydrogen) atoms. The molecule has 174 valence electrons. The third-order valence-corrected chi connectivity index (χ3v) is 5.45. The molecule has 0 aliphatic rings. The number of nitrogens with zero attached hydrogens (tertiary/aromatic N) is 1. The topological polar surface area (TPSA) is 41.6 Å². The number of carbonyl (C=O) groups is 1. The summed E-state index contributed by atoms with van der Waals surface area (Å²) in [5.41, 5.74) is 1.81. The Kier molecular flexibility index (Phi) is 7.98. The number of amides is 1. The SMILES string of the molecule is CNC(=O)C(c1ccccc1)N(CCCc1ccc(C(F)(F)F)cc1)c1cccc(OC)c1. The number of hydrogen-bond donors (Lipinski definition) is 1. The zero-order chi connectivity index (χ0) is 23.8. The first-order valence-corrected chi connectivity index (χ1v) is 10.7. The Labute approximate surface area is 192 Å². The molecule has 0 aromatic heterocycles. The second kappa shape index (κ2) is 10.9. The Morgan fingerprint density at radius 3 is 2.30 bits per heavy atom. The van der Waals surface area contributed by atoms with Gasteiger partial charge < -0.3 is 15.0 Å². The van der Waals surface area contributed by atoms with Crippen LogP contribution >= 0.6 is 0 Å². The fraction of sp³-hybridized carbons (Fsp3) is 0.269. The largest absolute Gasteiger partial charge is 0.497 e. The molecule has 3 aromatic carbocycles. The van der Waals surface area contributed by atoms with E-state index in [0.29, 0.717) is 25.1 Å². The van der Waals surface area contributed by atoms with Gasteiger partial charge in [-0.3, -0.25) is 4.79 Å². The number of anilines is 1. The van der Waals surface area contributed by atoms with Crippen molar-refractivity contribution in [1.82, 2.24) is 5.32 Å². The molecule has 0 aliphatic carbocycles. The van der Waals surface area contributed by atoms with Crippen molar-refractivity contribution in [2.24, 2.45) is 0 Å². The van der Waals surface area contributed by atoms with Crippen LogP contribution in [0.25, 0.3) is 0 Å². The minimum atomic E-state index is -4.35. The lowest BCUT2D eigenvalue weighted by atomic mass is 10.0. The summed E-state index contributed by atoms with van der Waals surface area (Å²) < 4.78 is 43.9. The van der Waals surface area contributed by atoms with Crippen molar-refractivity contribution in [3.8, 4) is 5.75 Å². The third-order valence-electron chi connectivity index (χ3n) is 5.45. The van der Waals surface area contributed by atoms with Gasteiger partial charge in [-0.1, -0.05) is 48.5 Å². The van der Waals surface area contributed by atoms with Gasteiger partial charge in [-0.15, -0.1) is 0 Å². The van der Waals surface area contributed by atoms with Crippen LogP contribution in [0.2, 0.25) is 0 Å². The number of hydrogen-bond acceptors (Lipinski definition) is 3. The first-order valence-electron chi connectivity index (χ1n) is 10.7. The molecule has 3 rings (SSSR count). The number of nitrogens with one attached hydrogen (secondary N) is 1. The average molecular weight is 457 g/mol. The van der Waals surface area contributed by atoms with Crippen LogP contribution < -0.4 is 15.0 Å². The normalized spacial score (nSPS) is 12.2. The van der Waals surface area contributed by atoms with Crippen molar-refractivity contribution in [1.29, 1.82) is 0 Å². The molecule has 0 fully saturated rings. The maximum Gasteiger partial charge on any atom is 0.416 e. The lowest BCUT2D eigenvalue weighted by molar-refractivity contribution is -0.137. The van der Waals surface area contributed by atoms with Gasteiger partial charge in [-0.05, 0) is 48.2 Å². The van der Waals surface area contributed by atoms with Gasteiger partial charge in [-0.25, -0.2) is 0 Å². The molecule has 0 spiro atoms. The van der Waals surface area contributed by atoms with E-state index in [-0.39, 0.29) is 5.91 Å². The van der Waals surface area contributed by atoms with E-state index in [9.17, 15) is 18.0 Å². The van der Waals surface area contributed by atoms with E-state index >= 15 is 0 Å². The summed E-state index contributed by atoms with van der Waals surface area (Å²) in [4.78, 5) is 15.0. The van der Waals surface area contributed by atoms with Crippen LogP contribution in [0, 0.1) is 0 Å². The molecular formula is C26H27F3N2O2. The van der Waals surface area contributed by atoms with Crippen LogP contribution in [-0.2, 0) is 17.4 Å². The minimum absolute atomic E-state index is 0.154. The number of halogens is 3. The van der Waals surface area contributed by atoms with Crippen molar-refractivity contribution < 1.29 is 22.7 Å². The van der Waals surface area contributed by atoms with E-state index in [0.717, 1.165) is 28.9 Å². The molecule has 1 N–H and O–H groups in total. The van der Waals surface area contributed by atoms with Crippen LogP contribution in [0.1, 0.15) is 29.2 Å². The summed E-state index contributed by atoms with van der Waals surface area (Å²) in [5, 5.41) is 2.75. The van der Waals surface area contributed by atoms with Gasteiger partial charge in [0.25, 0.3) is 0 Å². The van der Waals surface area contributed by atoms with Crippen LogP contribution in [0.3, 0.4) is 0 Å². The number of benzene rings is 3. The maximum absolute atomic E-state index is 13.0.